The van der Waals surface area contributed by atoms with Gasteiger partial charge in [-0.2, -0.15) is 0 Å². The molecule has 0 amide bonds. The van der Waals surface area contributed by atoms with Gasteiger partial charge in [-0.3, -0.25) is 9.89 Å². The molecule has 1 saturated heterocycles. The van der Waals surface area contributed by atoms with E-state index in [2.05, 4.69) is 64.9 Å². The fourth-order valence-electron chi connectivity index (χ4n) is 2.95. The van der Waals surface area contributed by atoms with Gasteiger partial charge in [0, 0.05) is 44.7 Å². The molecule has 0 aromatic heterocycles. The first-order valence-corrected chi connectivity index (χ1v) is 10.2. The molecule has 0 aliphatic carbocycles. The summed E-state index contributed by atoms with van der Waals surface area (Å²) in [7, 11) is 1.80. The molecule has 1 aliphatic heterocycles. The number of rotatable bonds is 7. The summed E-state index contributed by atoms with van der Waals surface area (Å²) in [5.74, 6) is 1.51. The van der Waals surface area contributed by atoms with Crippen molar-refractivity contribution in [3.05, 3.63) is 29.8 Å². The van der Waals surface area contributed by atoms with E-state index in [0.717, 1.165) is 45.3 Å². The highest BCUT2D eigenvalue weighted by molar-refractivity contribution is 7.98. The fourth-order valence-corrected chi connectivity index (χ4v) is 3.35. The quantitative estimate of drug-likeness (QED) is 0.442. The normalized spacial score (nSPS) is 19.2. The molecule has 0 saturated carbocycles. The summed E-state index contributed by atoms with van der Waals surface area (Å²) in [6.45, 7) is 10.0. The van der Waals surface area contributed by atoms with Crippen LogP contribution in [0, 0.1) is 5.92 Å². The van der Waals surface area contributed by atoms with Crippen LogP contribution in [0.3, 0.4) is 0 Å². The van der Waals surface area contributed by atoms with E-state index < -0.39 is 0 Å². The Kier molecular flexibility index (Phi) is 8.58. The van der Waals surface area contributed by atoms with Crippen molar-refractivity contribution >= 4 is 17.7 Å². The minimum absolute atomic E-state index is 0.215. The molecule has 2 N–H and O–H groups in total. The lowest BCUT2D eigenvalue weighted by Gasteiger charge is -2.34. The van der Waals surface area contributed by atoms with Gasteiger partial charge in [0.1, 0.15) is 0 Å². The molecule has 6 heteroatoms. The van der Waals surface area contributed by atoms with Gasteiger partial charge in [0.15, 0.2) is 5.96 Å². The van der Waals surface area contributed by atoms with Gasteiger partial charge in [-0.25, -0.2) is 0 Å². The Morgan fingerprint density at radius 3 is 2.72 bits per heavy atom. The molecule has 2 rings (SSSR count). The van der Waals surface area contributed by atoms with Gasteiger partial charge < -0.3 is 15.4 Å². The topological polar surface area (TPSA) is 48.9 Å². The van der Waals surface area contributed by atoms with Crippen LogP contribution < -0.4 is 10.6 Å². The standard InChI is InChI=1S/C19H32N4OS/c1-15(2)13-23-9-10-24-17(14-23)12-22-19(20-3)21-11-16-5-7-18(25-4)8-6-16/h5-8,15,17H,9-14H2,1-4H3,(H2,20,21,22). The molecule has 0 radical (unpaired) electrons. The third kappa shape index (κ3) is 7.26. The zero-order valence-electron chi connectivity index (χ0n) is 15.9. The molecule has 140 valence electrons. The second kappa shape index (κ2) is 10.7. The lowest BCUT2D eigenvalue weighted by molar-refractivity contribution is -0.0284. The van der Waals surface area contributed by atoms with E-state index in [1.807, 2.05) is 0 Å². The number of nitrogens with zero attached hydrogens (tertiary/aromatic N) is 2. The molecule has 5 nitrogen and oxygen atoms in total. The van der Waals surface area contributed by atoms with Crippen LogP contribution in [0.4, 0.5) is 0 Å². The summed E-state index contributed by atoms with van der Waals surface area (Å²) in [4.78, 5) is 8.08. The molecule has 1 unspecified atom stereocenters. The molecule has 1 aromatic rings. The van der Waals surface area contributed by atoms with Crippen LogP contribution in [0.2, 0.25) is 0 Å². The Morgan fingerprint density at radius 2 is 2.08 bits per heavy atom. The maximum atomic E-state index is 5.88. The first kappa shape index (κ1) is 20.1. The summed E-state index contributed by atoms with van der Waals surface area (Å²) >= 11 is 1.76. The van der Waals surface area contributed by atoms with E-state index in [-0.39, 0.29) is 6.10 Å². The average molecular weight is 365 g/mol. The van der Waals surface area contributed by atoms with E-state index >= 15 is 0 Å². The Balaban J connectivity index is 1.74. The highest BCUT2D eigenvalue weighted by Gasteiger charge is 2.20. The molecule has 0 bridgehead atoms. The Bertz CT molecular complexity index is 533. The van der Waals surface area contributed by atoms with Crippen molar-refractivity contribution in [1.29, 1.82) is 0 Å². The fraction of sp³-hybridized carbons (Fsp3) is 0.632. The van der Waals surface area contributed by atoms with Crippen LogP contribution in [0.15, 0.2) is 34.2 Å². The maximum Gasteiger partial charge on any atom is 0.191 e. The molecule has 0 spiro atoms. The van der Waals surface area contributed by atoms with Gasteiger partial charge in [-0.05, 0) is 29.9 Å². The van der Waals surface area contributed by atoms with Gasteiger partial charge in [-0.1, -0.05) is 26.0 Å². The molecule has 1 aromatic carbocycles. The zero-order chi connectivity index (χ0) is 18.1. The molecule has 1 aliphatic rings. The molecule has 25 heavy (non-hydrogen) atoms. The number of aliphatic imine (C=N–C) groups is 1. The number of morpholine rings is 1. The lowest BCUT2D eigenvalue weighted by atomic mass is 10.2. The first-order valence-electron chi connectivity index (χ1n) is 9.02. The summed E-state index contributed by atoms with van der Waals surface area (Å²) in [5, 5.41) is 6.76. The summed E-state index contributed by atoms with van der Waals surface area (Å²) in [6, 6.07) is 8.61. The van der Waals surface area contributed by atoms with Gasteiger partial charge in [-0.15, -0.1) is 11.8 Å². The number of benzene rings is 1. The first-order chi connectivity index (χ1) is 12.1. The van der Waals surface area contributed by atoms with Gasteiger partial charge in [0.05, 0.1) is 12.7 Å². The van der Waals surface area contributed by atoms with Crippen LogP contribution in [-0.4, -0.2) is 63.1 Å². The molecule has 1 heterocycles. The van der Waals surface area contributed by atoms with Crippen molar-refractivity contribution in [2.75, 3.05) is 46.1 Å². The van der Waals surface area contributed by atoms with Crippen molar-refractivity contribution in [2.24, 2.45) is 10.9 Å². The molecule has 1 atom stereocenters. The SMILES string of the molecule is CN=C(NCc1ccc(SC)cc1)NCC1CN(CC(C)C)CCO1. The highest BCUT2D eigenvalue weighted by atomic mass is 32.2. The number of hydrogen-bond donors (Lipinski definition) is 2. The predicted octanol–water partition coefficient (Wildman–Crippen LogP) is 2.43. The predicted molar refractivity (Wildman–Crippen MR) is 107 cm³/mol. The summed E-state index contributed by atoms with van der Waals surface area (Å²) < 4.78 is 5.88. The maximum absolute atomic E-state index is 5.88. The number of ether oxygens (including phenoxy) is 1. The third-order valence-electron chi connectivity index (χ3n) is 4.19. The van der Waals surface area contributed by atoms with Crippen LogP contribution in [-0.2, 0) is 11.3 Å². The Hall–Kier alpha value is -1.24. The van der Waals surface area contributed by atoms with Crippen molar-refractivity contribution in [1.82, 2.24) is 15.5 Å². The van der Waals surface area contributed by atoms with Crippen LogP contribution in [0.1, 0.15) is 19.4 Å². The highest BCUT2D eigenvalue weighted by Crippen LogP contribution is 2.14. The van der Waals surface area contributed by atoms with E-state index in [1.54, 1.807) is 18.8 Å². The van der Waals surface area contributed by atoms with Gasteiger partial charge >= 0.3 is 0 Å². The smallest absolute Gasteiger partial charge is 0.191 e. The summed E-state index contributed by atoms with van der Waals surface area (Å²) in [6.07, 6.45) is 2.31. The average Bonchev–Trinajstić information content (AvgIpc) is 2.62. The van der Waals surface area contributed by atoms with E-state index in [4.69, 9.17) is 4.74 Å². The van der Waals surface area contributed by atoms with E-state index in [1.165, 1.54) is 10.5 Å². The van der Waals surface area contributed by atoms with Crippen LogP contribution in [0.5, 0.6) is 0 Å². The number of hydrogen-bond acceptors (Lipinski definition) is 4. The number of thioether (sulfide) groups is 1. The van der Waals surface area contributed by atoms with E-state index in [0.29, 0.717) is 5.92 Å². The third-order valence-corrected chi connectivity index (χ3v) is 4.93. The molecule has 1 fully saturated rings. The summed E-state index contributed by atoms with van der Waals surface area (Å²) in [5.41, 5.74) is 1.25. The largest absolute Gasteiger partial charge is 0.374 e. The second-order valence-electron chi connectivity index (χ2n) is 6.80. The van der Waals surface area contributed by atoms with Gasteiger partial charge in [0.25, 0.3) is 0 Å². The molecular weight excluding hydrogens is 332 g/mol. The lowest BCUT2D eigenvalue weighted by Crippen LogP contribution is -2.50. The van der Waals surface area contributed by atoms with Crippen molar-refractivity contribution in [3.8, 4) is 0 Å². The number of guanidine groups is 1. The van der Waals surface area contributed by atoms with Crippen molar-refractivity contribution in [2.45, 2.75) is 31.4 Å². The van der Waals surface area contributed by atoms with Crippen LogP contribution >= 0.6 is 11.8 Å². The van der Waals surface area contributed by atoms with Gasteiger partial charge in [0.2, 0.25) is 0 Å². The minimum atomic E-state index is 0.215. The Labute approximate surface area is 156 Å². The minimum Gasteiger partial charge on any atom is -0.374 e. The molecular formula is C19H32N4OS. The van der Waals surface area contributed by atoms with E-state index in [9.17, 15) is 0 Å². The number of nitrogens with one attached hydrogen (secondary N) is 2. The Morgan fingerprint density at radius 1 is 1.32 bits per heavy atom. The monoisotopic (exact) mass is 364 g/mol. The van der Waals surface area contributed by atoms with Crippen molar-refractivity contribution in [3.63, 3.8) is 0 Å². The second-order valence-corrected chi connectivity index (χ2v) is 7.68. The van der Waals surface area contributed by atoms with Crippen molar-refractivity contribution < 1.29 is 4.74 Å². The zero-order valence-corrected chi connectivity index (χ0v) is 16.7. The van der Waals surface area contributed by atoms with Crippen LogP contribution in [0.25, 0.3) is 0 Å².